The Morgan fingerprint density at radius 1 is 1.28 bits per heavy atom. The van der Waals surface area contributed by atoms with Gasteiger partial charge in [-0.15, -0.1) is 0 Å². The molecule has 0 spiro atoms. The first-order valence-electron chi connectivity index (χ1n) is 7.92. The predicted molar refractivity (Wildman–Crippen MR) is 86.7 cm³/mol. The van der Waals surface area contributed by atoms with Crippen molar-refractivity contribution in [3.8, 4) is 11.6 Å². The predicted octanol–water partition coefficient (Wildman–Crippen LogP) is 2.87. The highest BCUT2D eigenvalue weighted by Gasteiger charge is 2.22. The van der Waals surface area contributed by atoms with Crippen LogP contribution in [0.25, 0.3) is 11.6 Å². The molecule has 3 heterocycles. The van der Waals surface area contributed by atoms with Gasteiger partial charge in [-0.25, -0.2) is 13.8 Å². The van der Waals surface area contributed by atoms with E-state index in [-0.39, 0.29) is 5.56 Å². The number of halogens is 2. The zero-order chi connectivity index (χ0) is 17.4. The van der Waals surface area contributed by atoms with Gasteiger partial charge in [-0.05, 0) is 18.2 Å². The summed E-state index contributed by atoms with van der Waals surface area (Å²) < 4.78 is 32.1. The van der Waals surface area contributed by atoms with Crippen LogP contribution in [0.2, 0.25) is 0 Å². The van der Waals surface area contributed by atoms with Gasteiger partial charge in [0.15, 0.2) is 11.6 Å². The second-order valence-electron chi connectivity index (χ2n) is 6.01. The Labute approximate surface area is 141 Å². The number of H-pyrrole nitrogens is 1. The smallest absolute Gasteiger partial charge is 0.256 e. The lowest BCUT2D eigenvalue weighted by Gasteiger charge is -2.27. The lowest BCUT2D eigenvalue weighted by atomic mass is 10.1. The van der Waals surface area contributed by atoms with Gasteiger partial charge in [0.05, 0.1) is 17.5 Å². The zero-order valence-electron chi connectivity index (χ0n) is 13.3. The highest BCUT2D eigenvalue weighted by molar-refractivity contribution is 5.47. The minimum Gasteiger partial charge on any atom is -0.461 e. The largest absolute Gasteiger partial charge is 0.461 e. The molecule has 0 amide bonds. The monoisotopic (exact) mass is 343 g/mol. The van der Waals surface area contributed by atoms with Crippen LogP contribution in [0.15, 0.2) is 45.8 Å². The molecule has 0 saturated heterocycles. The summed E-state index contributed by atoms with van der Waals surface area (Å²) in [6.07, 6.45) is 2.10. The molecule has 0 bridgehead atoms. The Bertz CT molecular complexity index is 967. The van der Waals surface area contributed by atoms with Crippen LogP contribution >= 0.6 is 0 Å². The van der Waals surface area contributed by atoms with Crippen LogP contribution in [0.4, 0.5) is 8.78 Å². The molecule has 4 rings (SSSR count). The minimum atomic E-state index is -0.601. The van der Waals surface area contributed by atoms with Crippen molar-refractivity contribution >= 4 is 0 Å². The molecule has 0 radical (unpaired) electrons. The topological polar surface area (TPSA) is 62.1 Å². The summed E-state index contributed by atoms with van der Waals surface area (Å²) in [6.45, 7) is 1.32. The fourth-order valence-corrected chi connectivity index (χ4v) is 3.04. The number of hydrogen-bond acceptors (Lipinski definition) is 4. The summed E-state index contributed by atoms with van der Waals surface area (Å²) in [7, 11) is 0. The van der Waals surface area contributed by atoms with E-state index >= 15 is 0 Å². The molecular formula is C18H15F2N3O2. The molecule has 7 heteroatoms. The molecule has 1 aliphatic rings. The summed E-state index contributed by atoms with van der Waals surface area (Å²) in [5.41, 5.74) is 1.48. The zero-order valence-corrected chi connectivity index (χ0v) is 13.3. The maximum absolute atomic E-state index is 13.8. The van der Waals surface area contributed by atoms with Gasteiger partial charge >= 0.3 is 0 Å². The summed E-state index contributed by atoms with van der Waals surface area (Å²) in [4.78, 5) is 21.6. The summed E-state index contributed by atoms with van der Waals surface area (Å²) in [5.74, 6) is -0.259. The van der Waals surface area contributed by atoms with Gasteiger partial charge in [-0.3, -0.25) is 9.69 Å². The molecule has 0 fully saturated rings. The number of benzene rings is 1. The summed E-state index contributed by atoms with van der Waals surface area (Å²) >= 11 is 0. The number of rotatable bonds is 3. The fraction of sp³-hybridized carbons (Fsp3) is 0.222. The van der Waals surface area contributed by atoms with E-state index in [1.165, 1.54) is 18.4 Å². The molecule has 128 valence electrons. The highest BCUT2D eigenvalue weighted by Crippen LogP contribution is 2.21. The Kier molecular flexibility index (Phi) is 3.93. The van der Waals surface area contributed by atoms with Crippen molar-refractivity contribution in [3.05, 3.63) is 75.4 Å². The van der Waals surface area contributed by atoms with Crippen LogP contribution in [0.5, 0.6) is 0 Å². The molecule has 1 aromatic carbocycles. The van der Waals surface area contributed by atoms with Gasteiger partial charge in [0.25, 0.3) is 5.56 Å². The lowest BCUT2D eigenvalue weighted by molar-refractivity contribution is 0.238. The fourth-order valence-electron chi connectivity index (χ4n) is 3.04. The molecule has 1 aliphatic heterocycles. The van der Waals surface area contributed by atoms with Gasteiger partial charge < -0.3 is 9.40 Å². The average molecular weight is 343 g/mol. The molecule has 3 aromatic rings. The van der Waals surface area contributed by atoms with Crippen molar-refractivity contribution in [2.24, 2.45) is 0 Å². The van der Waals surface area contributed by atoms with Crippen LogP contribution in [0.3, 0.4) is 0 Å². The lowest BCUT2D eigenvalue weighted by Crippen LogP contribution is -2.35. The average Bonchev–Trinajstić information content (AvgIpc) is 3.12. The summed E-state index contributed by atoms with van der Waals surface area (Å²) in [6, 6.07) is 7.01. The molecule has 0 atom stereocenters. The van der Waals surface area contributed by atoms with E-state index in [9.17, 15) is 13.6 Å². The Morgan fingerprint density at radius 3 is 2.92 bits per heavy atom. The third-order valence-corrected chi connectivity index (χ3v) is 4.31. The molecule has 5 nitrogen and oxygen atoms in total. The van der Waals surface area contributed by atoms with Gasteiger partial charge in [0.1, 0.15) is 11.6 Å². The number of hydrogen-bond donors (Lipinski definition) is 1. The molecule has 0 unspecified atom stereocenters. The second-order valence-corrected chi connectivity index (χ2v) is 6.01. The SMILES string of the molecule is O=c1[nH]c(-c2ccco2)nc2c1CN(Cc1ccc(F)cc1F)CC2. The van der Waals surface area contributed by atoms with Crippen molar-refractivity contribution in [2.75, 3.05) is 6.54 Å². The number of nitrogens with zero attached hydrogens (tertiary/aromatic N) is 2. The van der Waals surface area contributed by atoms with E-state index in [0.29, 0.717) is 48.8 Å². The third kappa shape index (κ3) is 3.10. The Morgan fingerprint density at radius 2 is 2.16 bits per heavy atom. The van der Waals surface area contributed by atoms with Crippen molar-refractivity contribution < 1.29 is 13.2 Å². The van der Waals surface area contributed by atoms with E-state index in [0.717, 1.165) is 11.8 Å². The number of furan rings is 1. The van der Waals surface area contributed by atoms with Crippen molar-refractivity contribution in [3.63, 3.8) is 0 Å². The molecule has 2 aromatic heterocycles. The van der Waals surface area contributed by atoms with Gasteiger partial charge in [0.2, 0.25) is 0 Å². The van der Waals surface area contributed by atoms with Crippen LogP contribution < -0.4 is 5.56 Å². The molecule has 0 aliphatic carbocycles. The van der Waals surface area contributed by atoms with E-state index < -0.39 is 11.6 Å². The van der Waals surface area contributed by atoms with Crippen LogP contribution in [0, 0.1) is 11.6 Å². The minimum absolute atomic E-state index is 0.222. The number of aromatic amines is 1. The Balaban J connectivity index is 1.58. The van der Waals surface area contributed by atoms with Crippen molar-refractivity contribution in [1.29, 1.82) is 0 Å². The molecular weight excluding hydrogens is 328 g/mol. The Hall–Kier alpha value is -2.80. The van der Waals surface area contributed by atoms with E-state index in [4.69, 9.17) is 4.42 Å². The van der Waals surface area contributed by atoms with Gasteiger partial charge in [-0.1, -0.05) is 6.07 Å². The van der Waals surface area contributed by atoms with E-state index in [1.807, 2.05) is 4.90 Å². The molecule has 1 N–H and O–H groups in total. The quantitative estimate of drug-likeness (QED) is 0.794. The van der Waals surface area contributed by atoms with Gasteiger partial charge in [-0.2, -0.15) is 0 Å². The molecule has 25 heavy (non-hydrogen) atoms. The standard InChI is InChI=1S/C18H15F2N3O2/c19-12-4-3-11(14(20)8-12)9-23-6-5-15-13(10-23)18(24)22-17(21-15)16-2-1-7-25-16/h1-4,7-8H,5-6,9-10H2,(H,21,22,24). The second kappa shape index (κ2) is 6.25. The van der Waals surface area contributed by atoms with Crippen molar-refractivity contribution in [2.45, 2.75) is 19.5 Å². The first-order valence-corrected chi connectivity index (χ1v) is 7.92. The van der Waals surface area contributed by atoms with E-state index in [2.05, 4.69) is 9.97 Å². The number of fused-ring (bicyclic) bond motifs is 1. The number of aromatic nitrogens is 2. The molecule has 0 saturated carbocycles. The van der Waals surface area contributed by atoms with Crippen molar-refractivity contribution in [1.82, 2.24) is 14.9 Å². The van der Waals surface area contributed by atoms with Crippen LogP contribution in [-0.4, -0.2) is 21.4 Å². The third-order valence-electron chi connectivity index (χ3n) is 4.31. The summed E-state index contributed by atoms with van der Waals surface area (Å²) in [5, 5.41) is 0. The maximum atomic E-state index is 13.8. The highest BCUT2D eigenvalue weighted by atomic mass is 19.1. The maximum Gasteiger partial charge on any atom is 0.256 e. The van der Waals surface area contributed by atoms with Crippen LogP contribution in [-0.2, 0) is 19.5 Å². The van der Waals surface area contributed by atoms with E-state index in [1.54, 1.807) is 12.1 Å². The first-order chi connectivity index (χ1) is 12.1. The number of nitrogens with one attached hydrogen (secondary N) is 1. The normalized spacial score (nSPS) is 14.5. The van der Waals surface area contributed by atoms with Crippen LogP contribution in [0.1, 0.15) is 16.8 Å². The van der Waals surface area contributed by atoms with Gasteiger partial charge in [0, 0.05) is 37.7 Å². The first kappa shape index (κ1) is 15.7.